The third-order valence-corrected chi connectivity index (χ3v) is 5.48. The molecular weight excluding hydrogens is 258 g/mol. The molecule has 0 radical (unpaired) electrons. The summed E-state index contributed by atoms with van der Waals surface area (Å²) in [6.07, 6.45) is 2.38. The maximum absolute atomic E-state index is 11.5. The molecule has 106 valence electrons. The van der Waals surface area contributed by atoms with Crippen molar-refractivity contribution in [1.82, 2.24) is 0 Å². The molecule has 4 heteroatoms. The molecule has 2 rings (SSSR count). The lowest BCUT2D eigenvalue weighted by atomic mass is 9.96. The van der Waals surface area contributed by atoms with E-state index in [1.165, 1.54) is 18.4 Å². The van der Waals surface area contributed by atoms with Crippen LogP contribution in [-0.2, 0) is 9.84 Å². The molecule has 0 aromatic heterocycles. The lowest BCUT2D eigenvalue weighted by Crippen LogP contribution is -2.40. The number of sulfone groups is 1. The van der Waals surface area contributed by atoms with E-state index < -0.39 is 9.84 Å². The summed E-state index contributed by atoms with van der Waals surface area (Å²) in [6.45, 7) is 5.70. The number of hydrogen-bond donors (Lipinski definition) is 0. The van der Waals surface area contributed by atoms with Crippen molar-refractivity contribution in [2.24, 2.45) is 0 Å². The van der Waals surface area contributed by atoms with Gasteiger partial charge in [-0.1, -0.05) is 32.4 Å². The Morgan fingerprint density at radius 2 is 1.95 bits per heavy atom. The summed E-state index contributed by atoms with van der Waals surface area (Å²) in [4.78, 5) is 2.18. The van der Waals surface area contributed by atoms with Crippen LogP contribution in [0, 0.1) is 0 Å². The molecule has 1 aromatic rings. The minimum Gasteiger partial charge on any atom is -0.369 e. The molecule has 1 atom stereocenters. The summed E-state index contributed by atoms with van der Waals surface area (Å²) < 4.78 is 22.9. The van der Waals surface area contributed by atoms with Gasteiger partial charge in [0, 0.05) is 18.8 Å². The van der Waals surface area contributed by atoms with Gasteiger partial charge in [-0.15, -0.1) is 0 Å². The van der Waals surface area contributed by atoms with Crippen LogP contribution in [-0.4, -0.2) is 33.0 Å². The van der Waals surface area contributed by atoms with E-state index in [1.807, 2.05) is 0 Å². The van der Waals surface area contributed by atoms with Gasteiger partial charge in [-0.3, -0.25) is 0 Å². The molecule has 0 spiro atoms. The Hall–Kier alpha value is -1.03. The predicted molar refractivity (Wildman–Crippen MR) is 80.6 cm³/mol. The fourth-order valence-electron chi connectivity index (χ4n) is 2.60. The number of anilines is 1. The molecule has 1 unspecified atom stereocenters. The Kier molecular flexibility index (Phi) is 4.50. The second kappa shape index (κ2) is 5.95. The summed E-state index contributed by atoms with van der Waals surface area (Å²) in [5.74, 6) is 1.13. The Morgan fingerprint density at radius 3 is 2.58 bits per heavy atom. The summed E-state index contributed by atoms with van der Waals surface area (Å²) in [6, 6.07) is 8.56. The first-order chi connectivity index (χ1) is 9.02. The molecule has 0 amide bonds. The van der Waals surface area contributed by atoms with Crippen LogP contribution in [0.1, 0.15) is 38.2 Å². The lowest BCUT2D eigenvalue weighted by Gasteiger charge is -2.29. The molecule has 0 aliphatic carbocycles. The minimum atomic E-state index is -2.80. The van der Waals surface area contributed by atoms with Gasteiger partial charge in [-0.2, -0.15) is 0 Å². The highest BCUT2D eigenvalue weighted by Gasteiger charge is 2.21. The molecule has 3 nitrogen and oxygen atoms in total. The van der Waals surface area contributed by atoms with Gasteiger partial charge >= 0.3 is 0 Å². The first kappa shape index (κ1) is 14.4. The van der Waals surface area contributed by atoms with Gasteiger partial charge in [0.1, 0.15) is 0 Å². The minimum absolute atomic E-state index is 0.280. The van der Waals surface area contributed by atoms with Crippen LogP contribution in [0.25, 0.3) is 0 Å². The lowest BCUT2D eigenvalue weighted by molar-refractivity contribution is 0.586. The molecule has 1 saturated heterocycles. The first-order valence-electron chi connectivity index (χ1n) is 7.07. The van der Waals surface area contributed by atoms with Crippen molar-refractivity contribution in [2.75, 3.05) is 29.5 Å². The fourth-order valence-corrected chi connectivity index (χ4v) is 3.80. The van der Waals surface area contributed by atoms with Gasteiger partial charge in [0.05, 0.1) is 11.5 Å². The highest BCUT2D eigenvalue weighted by molar-refractivity contribution is 7.91. The van der Waals surface area contributed by atoms with Crippen LogP contribution in [0.5, 0.6) is 0 Å². The molecule has 0 saturated carbocycles. The topological polar surface area (TPSA) is 37.4 Å². The van der Waals surface area contributed by atoms with Gasteiger partial charge in [-0.05, 0) is 30.0 Å². The smallest absolute Gasteiger partial charge is 0.153 e. The van der Waals surface area contributed by atoms with Crippen molar-refractivity contribution < 1.29 is 8.42 Å². The van der Waals surface area contributed by atoms with Crippen molar-refractivity contribution in [3.05, 3.63) is 29.8 Å². The van der Waals surface area contributed by atoms with E-state index in [0.29, 0.717) is 19.0 Å². The van der Waals surface area contributed by atoms with Crippen LogP contribution in [0.3, 0.4) is 0 Å². The van der Waals surface area contributed by atoms with Crippen molar-refractivity contribution in [1.29, 1.82) is 0 Å². The van der Waals surface area contributed by atoms with Crippen molar-refractivity contribution in [3.63, 3.8) is 0 Å². The van der Waals surface area contributed by atoms with E-state index in [4.69, 9.17) is 0 Å². The molecule has 1 fully saturated rings. The van der Waals surface area contributed by atoms with Crippen LogP contribution < -0.4 is 4.90 Å². The van der Waals surface area contributed by atoms with Gasteiger partial charge < -0.3 is 4.90 Å². The Balaban J connectivity index is 2.11. The van der Waals surface area contributed by atoms with E-state index >= 15 is 0 Å². The van der Waals surface area contributed by atoms with Crippen LogP contribution in [0.15, 0.2) is 24.3 Å². The van der Waals surface area contributed by atoms with Crippen LogP contribution in [0.4, 0.5) is 5.69 Å². The van der Waals surface area contributed by atoms with Crippen molar-refractivity contribution >= 4 is 15.5 Å². The average Bonchev–Trinajstić information content (AvgIpc) is 2.39. The zero-order chi connectivity index (χ0) is 13.9. The van der Waals surface area contributed by atoms with Gasteiger partial charge in [0.15, 0.2) is 9.84 Å². The number of nitrogens with zero attached hydrogens (tertiary/aromatic N) is 1. The summed E-state index contributed by atoms with van der Waals surface area (Å²) in [7, 11) is -2.80. The zero-order valence-corrected chi connectivity index (χ0v) is 12.6. The highest BCUT2D eigenvalue weighted by atomic mass is 32.2. The molecule has 0 N–H and O–H groups in total. The van der Waals surface area contributed by atoms with E-state index in [1.54, 1.807) is 0 Å². The Labute approximate surface area is 116 Å². The molecular formula is C15H23NO2S. The Morgan fingerprint density at radius 1 is 1.26 bits per heavy atom. The van der Waals surface area contributed by atoms with Crippen LogP contribution >= 0.6 is 0 Å². The normalized spacial score (nSPS) is 20.2. The van der Waals surface area contributed by atoms with E-state index in [0.717, 1.165) is 5.69 Å². The van der Waals surface area contributed by atoms with Gasteiger partial charge in [0.2, 0.25) is 0 Å². The van der Waals surface area contributed by atoms with Gasteiger partial charge in [0.25, 0.3) is 0 Å². The van der Waals surface area contributed by atoms with Crippen LogP contribution in [0.2, 0.25) is 0 Å². The van der Waals surface area contributed by atoms with Crippen molar-refractivity contribution in [3.8, 4) is 0 Å². The Bertz CT molecular complexity index is 511. The van der Waals surface area contributed by atoms with E-state index in [9.17, 15) is 8.42 Å². The highest BCUT2D eigenvalue weighted by Crippen LogP contribution is 2.25. The quantitative estimate of drug-likeness (QED) is 0.851. The monoisotopic (exact) mass is 281 g/mol. The van der Waals surface area contributed by atoms with E-state index in [-0.39, 0.29) is 11.5 Å². The average molecular weight is 281 g/mol. The number of rotatable bonds is 4. The molecule has 1 aliphatic rings. The third-order valence-electron chi connectivity index (χ3n) is 3.87. The molecule has 0 bridgehead atoms. The SMILES string of the molecule is CCCC(C)c1cccc(N2CCS(=O)(=O)CC2)c1. The zero-order valence-electron chi connectivity index (χ0n) is 11.8. The molecule has 1 heterocycles. The van der Waals surface area contributed by atoms with Crippen molar-refractivity contribution in [2.45, 2.75) is 32.6 Å². The second-order valence-corrected chi connectivity index (χ2v) is 7.73. The maximum atomic E-state index is 11.5. The predicted octanol–water partition coefficient (Wildman–Crippen LogP) is 2.83. The maximum Gasteiger partial charge on any atom is 0.153 e. The third kappa shape index (κ3) is 3.72. The fraction of sp³-hybridized carbons (Fsp3) is 0.600. The first-order valence-corrected chi connectivity index (χ1v) is 8.89. The summed E-state index contributed by atoms with van der Waals surface area (Å²) in [5.41, 5.74) is 2.52. The number of benzene rings is 1. The largest absolute Gasteiger partial charge is 0.369 e. The summed E-state index contributed by atoms with van der Waals surface area (Å²) in [5, 5.41) is 0. The van der Waals surface area contributed by atoms with Gasteiger partial charge in [-0.25, -0.2) is 8.42 Å². The second-order valence-electron chi connectivity index (χ2n) is 5.42. The molecule has 1 aromatic carbocycles. The molecule has 1 aliphatic heterocycles. The number of hydrogen-bond acceptors (Lipinski definition) is 3. The summed E-state index contributed by atoms with van der Waals surface area (Å²) >= 11 is 0. The standard InChI is InChI=1S/C15H23NO2S/c1-3-5-13(2)14-6-4-7-15(12-14)16-8-10-19(17,18)11-9-16/h4,6-7,12-13H,3,5,8-11H2,1-2H3. The molecule has 19 heavy (non-hydrogen) atoms. The van der Waals surface area contributed by atoms with E-state index in [2.05, 4.69) is 43.0 Å².